The lowest BCUT2D eigenvalue weighted by atomic mass is 10.1. The fraction of sp³-hybridized carbons (Fsp3) is 0.875. The lowest BCUT2D eigenvalue weighted by Crippen LogP contribution is -2.37. The van der Waals surface area contributed by atoms with Gasteiger partial charge in [0.2, 0.25) is 6.29 Å². The SMILES string of the molecule is CCS[C@H]1CC(=O)[C@@H]2OC[C@H]1O2. The number of rotatable bonds is 2. The minimum atomic E-state index is -0.538. The minimum Gasteiger partial charge on any atom is -0.343 e. The summed E-state index contributed by atoms with van der Waals surface area (Å²) in [7, 11) is 0. The molecule has 2 rings (SSSR count). The van der Waals surface area contributed by atoms with Gasteiger partial charge in [0.1, 0.15) is 0 Å². The molecule has 2 aliphatic heterocycles. The van der Waals surface area contributed by atoms with Crippen LogP contribution in [0.1, 0.15) is 13.3 Å². The van der Waals surface area contributed by atoms with E-state index in [1.807, 2.05) is 0 Å². The summed E-state index contributed by atoms with van der Waals surface area (Å²) in [5, 5.41) is 0.321. The van der Waals surface area contributed by atoms with E-state index in [-0.39, 0.29) is 11.9 Å². The first kappa shape index (κ1) is 8.53. The average molecular weight is 188 g/mol. The van der Waals surface area contributed by atoms with Crippen LogP contribution in [0.5, 0.6) is 0 Å². The molecule has 0 amide bonds. The molecule has 2 aliphatic rings. The molecule has 4 heteroatoms. The Bertz CT molecular complexity index is 195. The predicted octanol–water partition coefficient (Wildman–Crippen LogP) is 0.822. The second kappa shape index (κ2) is 3.36. The molecule has 12 heavy (non-hydrogen) atoms. The van der Waals surface area contributed by atoms with Crippen molar-refractivity contribution in [2.24, 2.45) is 0 Å². The highest BCUT2D eigenvalue weighted by Gasteiger charge is 2.42. The van der Waals surface area contributed by atoms with E-state index in [1.54, 1.807) is 11.8 Å². The Labute approximate surface area is 75.8 Å². The van der Waals surface area contributed by atoms with Crippen molar-refractivity contribution >= 4 is 17.5 Å². The zero-order chi connectivity index (χ0) is 8.55. The summed E-state index contributed by atoms with van der Waals surface area (Å²) in [4.78, 5) is 11.3. The molecule has 3 nitrogen and oxygen atoms in total. The van der Waals surface area contributed by atoms with Crippen molar-refractivity contribution < 1.29 is 14.3 Å². The fourth-order valence-electron chi connectivity index (χ4n) is 1.59. The van der Waals surface area contributed by atoms with Gasteiger partial charge >= 0.3 is 0 Å². The summed E-state index contributed by atoms with van der Waals surface area (Å²) in [5.74, 6) is 1.14. The standard InChI is InChI=1S/C8H12O3S/c1-2-12-7-3-5(9)8-10-4-6(7)11-8/h6-8H,2-4H2,1H3/t6-,7+,8-/m1/s1. The van der Waals surface area contributed by atoms with Crippen molar-refractivity contribution in [2.75, 3.05) is 12.4 Å². The zero-order valence-corrected chi connectivity index (χ0v) is 7.80. The lowest BCUT2D eigenvalue weighted by molar-refractivity contribution is -0.151. The Morgan fingerprint density at radius 2 is 2.50 bits per heavy atom. The van der Waals surface area contributed by atoms with E-state index in [4.69, 9.17) is 9.47 Å². The van der Waals surface area contributed by atoms with E-state index >= 15 is 0 Å². The fourth-order valence-corrected chi connectivity index (χ4v) is 2.66. The summed E-state index contributed by atoms with van der Waals surface area (Å²) < 4.78 is 10.6. The van der Waals surface area contributed by atoms with E-state index < -0.39 is 6.29 Å². The number of thioether (sulfide) groups is 1. The van der Waals surface area contributed by atoms with Crippen LogP contribution in [0.3, 0.4) is 0 Å². The minimum absolute atomic E-state index is 0.106. The van der Waals surface area contributed by atoms with E-state index in [9.17, 15) is 4.79 Å². The largest absolute Gasteiger partial charge is 0.343 e. The molecular weight excluding hydrogens is 176 g/mol. The molecule has 0 spiro atoms. The quantitative estimate of drug-likeness (QED) is 0.643. The maximum Gasteiger partial charge on any atom is 0.218 e. The van der Waals surface area contributed by atoms with E-state index in [2.05, 4.69) is 6.92 Å². The van der Waals surface area contributed by atoms with Crippen LogP contribution in [0.25, 0.3) is 0 Å². The highest BCUT2D eigenvalue weighted by Crippen LogP contribution is 2.32. The van der Waals surface area contributed by atoms with Gasteiger partial charge in [0.05, 0.1) is 12.7 Å². The molecule has 0 radical (unpaired) electrons. The van der Waals surface area contributed by atoms with Crippen LogP contribution >= 0.6 is 11.8 Å². The molecule has 2 fully saturated rings. The predicted molar refractivity (Wildman–Crippen MR) is 46.2 cm³/mol. The number of Topliss-reactive ketones (excluding diaryl/α,β-unsaturated/α-hetero) is 1. The molecule has 0 saturated carbocycles. The molecule has 0 aromatic rings. The number of hydrogen-bond acceptors (Lipinski definition) is 4. The van der Waals surface area contributed by atoms with Crippen LogP contribution in [-0.4, -0.2) is 35.8 Å². The molecule has 0 aliphatic carbocycles. The highest BCUT2D eigenvalue weighted by atomic mass is 32.2. The second-order valence-electron chi connectivity index (χ2n) is 3.00. The number of ether oxygens (including phenoxy) is 2. The van der Waals surface area contributed by atoms with Crippen LogP contribution in [0.15, 0.2) is 0 Å². The van der Waals surface area contributed by atoms with Gasteiger partial charge in [0.15, 0.2) is 5.78 Å². The van der Waals surface area contributed by atoms with Crippen LogP contribution in [-0.2, 0) is 14.3 Å². The topological polar surface area (TPSA) is 35.5 Å². The van der Waals surface area contributed by atoms with Crippen molar-refractivity contribution in [1.29, 1.82) is 0 Å². The van der Waals surface area contributed by atoms with Crippen LogP contribution in [0.2, 0.25) is 0 Å². The molecule has 0 aromatic heterocycles. The molecule has 3 atom stereocenters. The Hall–Kier alpha value is -0.0600. The molecule has 0 aromatic carbocycles. The maximum absolute atomic E-state index is 11.3. The van der Waals surface area contributed by atoms with Crippen molar-refractivity contribution in [2.45, 2.75) is 31.0 Å². The lowest BCUT2D eigenvalue weighted by Gasteiger charge is -2.25. The van der Waals surface area contributed by atoms with Crippen LogP contribution < -0.4 is 0 Å². The van der Waals surface area contributed by atoms with Crippen molar-refractivity contribution in [1.82, 2.24) is 0 Å². The third-order valence-electron chi connectivity index (χ3n) is 2.17. The zero-order valence-electron chi connectivity index (χ0n) is 6.99. The van der Waals surface area contributed by atoms with E-state index in [0.717, 1.165) is 5.75 Å². The van der Waals surface area contributed by atoms with Crippen LogP contribution in [0, 0.1) is 0 Å². The van der Waals surface area contributed by atoms with Crippen molar-refractivity contribution in [3.63, 3.8) is 0 Å². The molecule has 68 valence electrons. The molecular formula is C8H12O3S. The molecule has 0 N–H and O–H groups in total. The van der Waals surface area contributed by atoms with Crippen molar-refractivity contribution in [3.8, 4) is 0 Å². The van der Waals surface area contributed by atoms with Crippen LogP contribution in [0.4, 0.5) is 0 Å². The van der Waals surface area contributed by atoms with Gasteiger partial charge in [-0.25, -0.2) is 0 Å². The smallest absolute Gasteiger partial charge is 0.218 e. The molecule has 2 heterocycles. The monoisotopic (exact) mass is 188 g/mol. The normalized spacial score (nSPS) is 40.4. The Morgan fingerprint density at radius 1 is 1.67 bits per heavy atom. The Balaban J connectivity index is 2.02. The Kier molecular flexibility index (Phi) is 2.39. The number of hydrogen-bond donors (Lipinski definition) is 0. The summed E-state index contributed by atoms with van der Waals surface area (Å²) in [6.07, 6.45) is 0.231. The van der Waals surface area contributed by atoms with Gasteiger partial charge in [0, 0.05) is 11.7 Å². The summed E-state index contributed by atoms with van der Waals surface area (Å²) in [6, 6.07) is 0. The average Bonchev–Trinajstić information content (AvgIpc) is 2.46. The third-order valence-corrected chi connectivity index (χ3v) is 3.40. The van der Waals surface area contributed by atoms with Gasteiger partial charge in [0.25, 0.3) is 0 Å². The van der Waals surface area contributed by atoms with Gasteiger partial charge < -0.3 is 9.47 Å². The number of ketones is 1. The van der Waals surface area contributed by atoms with Crippen molar-refractivity contribution in [3.05, 3.63) is 0 Å². The number of fused-ring (bicyclic) bond motifs is 2. The summed E-state index contributed by atoms with van der Waals surface area (Å²) in [5.41, 5.74) is 0. The van der Waals surface area contributed by atoms with E-state index in [1.165, 1.54) is 0 Å². The third kappa shape index (κ3) is 1.39. The molecule has 0 unspecified atom stereocenters. The van der Waals surface area contributed by atoms with Gasteiger partial charge in [-0.2, -0.15) is 11.8 Å². The Morgan fingerprint density at radius 3 is 3.25 bits per heavy atom. The number of carbonyl (C=O) groups is 1. The van der Waals surface area contributed by atoms with Gasteiger partial charge in [-0.05, 0) is 5.75 Å². The molecule has 2 saturated heterocycles. The maximum atomic E-state index is 11.3. The first-order chi connectivity index (χ1) is 5.81. The van der Waals surface area contributed by atoms with Gasteiger partial charge in [-0.15, -0.1) is 0 Å². The summed E-state index contributed by atoms with van der Waals surface area (Å²) in [6.45, 7) is 2.69. The summed E-state index contributed by atoms with van der Waals surface area (Å²) >= 11 is 1.79. The van der Waals surface area contributed by atoms with E-state index in [0.29, 0.717) is 18.3 Å². The molecule has 2 bridgehead atoms. The van der Waals surface area contributed by atoms with Gasteiger partial charge in [-0.3, -0.25) is 4.79 Å². The number of carbonyl (C=O) groups excluding carboxylic acids is 1. The van der Waals surface area contributed by atoms with Gasteiger partial charge in [-0.1, -0.05) is 6.92 Å². The first-order valence-electron chi connectivity index (χ1n) is 4.22. The highest BCUT2D eigenvalue weighted by molar-refractivity contribution is 7.99. The second-order valence-corrected chi connectivity index (χ2v) is 4.52. The first-order valence-corrected chi connectivity index (χ1v) is 5.27.